The quantitative estimate of drug-likeness (QED) is 0.232. The molecule has 0 saturated carbocycles. The SMILES string of the molecule is CCOc1cc(C2/C(=C(\O)c3ccc(OC)c(C(C)(C)C)c3)C(=O)C(=O)N2Cc2cccs2)ccc1O. The molecule has 0 spiro atoms. The van der Waals surface area contributed by atoms with Crippen LogP contribution in [0.2, 0.25) is 0 Å². The summed E-state index contributed by atoms with van der Waals surface area (Å²) in [5, 5.41) is 23.7. The Balaban J connectivity index is 1.92. The first-order valence-electron chi connectivity index (χ1n) is 12.0. The first kappa shape index (κ1) is 26.3. The molecule has 37 heavy (non-hydrogen) atoms. The molecular formula is C29H31NO6S. The number of amides is 1. The first-order chi connectivity index (χ1) is 17.6. The Morgan fingerprint density at radius 2 is 1.84 bits per heavy atom. The van der Waals surface area contributed by atoms with Gasteiger partial charge in [-0.25, -0.2) is 0 Å². The fraction of sp³-hybridized carbons (Fsp3) is 0.310. The van der Waals surface area contributed by atoms with Gasteiger partial charge in [-0.1, -0.05) is 32.9 Å². The summed E-state index contributed by atoms with van der Waals surface area (Å²) < 4.78 is 11.1. The second-order valence-electron chi connectivity index (χ2n) is 9.83. The second kappa shape index (κ2) is 10.3. The van der Waals surface area contributed by atoms with E-state index in [1.54, 1.807) is 44.4 Å². The number of benzene rings is 2. The number of likely N-dealkylation sites (tertiary alicyclic amines) is 1. The van der Waals surface area contributed by atoms with E-state index in [0.29, 0.717) is 23.5 Å². The van der Waals surface area contributed by atoms with Gasteiger partial charge in [0.1, 0.15) is 11.5 Å². The molecule has 2 heterocycles. The predicted octanol–water partition coefficient (Wildman–Crippen LogP) is 5.78. The van der Waals surface area contributed by atoms with Gasteiger partial charge >= 0.3 is 0 Å². The Labute approximate surface area is 220 Å². The van der Waals surface area contributed by atoms with E-state index in [1.807, 2.05) is 38.3 Å². The minimum absolute atomic E-state index is 0.0141. The molecule has 0 aliphatic carbocycles. The number of aliphatic hydroxyl groups excluding tert-OH is 1. The van der Waals surface area contributed by atoms with E-state index >= 15 is 0 Å². The Morgan fingerprint density at radius 3 is 2.46 bits per heavy atom. The number of phenolic OH excluding ortho intramolecular Hbond substituents is 1. The fourth-order valence-electron chi connectivity index (χ4n) is 4.53. The topological polar surface area (TPSA) is 96.3 Å². The molecule has 1 fully saturated rings. The number of ether oxygens (including phenoxy) is 2. The summed E-state index contributed by atoms with van der Waals surface area (Å²) in [5.41, 5.74) is 1.50. The molecule has 3 aromatic rings. The van der Waals surface area contributed by atoms with E-state index in [2.05, 4.69) is 0 Å². The molecule has 1 aliphatic rings. The Kier molecular flexibility index (Phi) is 7.32. The monoisotopic (exact) mass is 521 g/mol. The van der Waals surface area contributed by atoms with Crippen molar-refractivity contribution in [2.45, 2.75) is 45.7 Å². The van der Waals surface area contributed by atoms with Crippen molar-refractivity contribution >= 4 is 28.8 Å². The molecule has 1 aromatic heterocycles. The summed E-state index contributed by atoms with van der Waals surface area (Å²) in [6.07, 6.45) is 0. The summed E-state index contributed by atoms with van der Waals surface area (Å²) in [4.78, 5) is 29.1. The van der Waals surface area contributed by atoms with Gasteiger partial charge in [0.05, 0.1) is 31.9 Å². The van der Waals surface area contributed by atoms with Gasteiger partial charge in [0.15, 0.2) is 11.5 Å². The van der Waals surface area contributed by atoms with Gasteiger partial charge in [-0.2, -0.15) is 0 Å². The van der Waals surface area contributed by atoms with Crippen LogP contribution in [0.3, 0.4) is 0 Å². The van der Waals surface area contributed by atoms with Crippen molar-refractivity contribution in [1.29, 1.82) is 0 Å². The Morgan fingerprint density at radius 1 is 1.08 bits per heavy atom. The second-order valence-corrected chi connectivity index (χ2v) is 10.9. The fourth-order valence-corrected chi connectivity index (χ4v) is 5.23. The molecule has 1 unspecified atom stereocenters. The number of ketones is 1. The van der Waals surface area contributed by atoms with E-state index in [4.69, 9.17) is 9.47 Å². The van der Waals surface area contributed by atoms with Gasteiger partial charge in [0.25, 0.3) is 11.7 Å². The van der Waals surface area contributed by atoms with Gasteiger partial charge in [0, 0.05) is 16.0 Å². The number of hydrogen-bond acceptors (Lipinski definition) is 7. The lowest BCUT2D eigenvalue weighted by atomic mass is 9.84. The lowest BCUT2D eigenvalue weighted by Crippen LogP contribution is -2.28. The number of Topliss-reactive ketones (excluding diaryl/α,β-unsaturated/α-hetero) is 1. The van der Waals surface area contributed by atoms with E-state index in [9.17, 15) is 19.8 Å². The van der Waals surface area contributed by atoms with Gasteiger partial charge in [-0.15, -0.1) is 11.3 Å². The molecule has 1 atom stereocenters. The highest BCUT2D eigenvalue weighted by atomic mass is 32.1. The Hall–Kier alpha value is -3.78. The average molecular weight is 522 g/mol. The van der Waals surface area contributed by atoms with Crippen LogP contribution in [0.15, 0.2) is 59.5 Å². The van der Waals surface area contributed by atoms with Crippen LogP contribution in [0, 0.1) is 0 Å². The van der Waals surface area contributed by atoms with Crippen molar-refractivity contribution in [2.75, 3.05) is 13.7 Å². The molecule has 0 radical (unpaired) electrons. The first-order valence-corrected chi connectivity index (χ1v) is 12.9. The summed E-state index contributed by atoms with van der Waals surface area (Å²) in [5.74, 6) is -0.879. The number of hydrogen-bond donors (Lipinski definition) is 2. The zero-order valence-electron chi connectivity index (χ0n) is 21.6. The van der Waals surface area contributed by atoms with Gasteiger partial charge in [0.2, 0.25) is 0 Å². The Bertz CT molecular complexity index is 1350. The highest BCUT2D eigenvalue weighted by Gasteiger charge is 2.46. The number of carbonyl (C=O) groups excluding carboxylic acids is 2. The van der Waals surface area contributed by atoms with Gasteiger partial charge in [-0.3, -0.25) is 9.59 Å². The van der Waals surface area contributed by atoms with E-state index < -0.39 is 17.7 Å². The maximum absolute atomic E-state index is 13.4. The number of carbonyl (C=O) groups is 2. The van der Waals surface area contributed by atoms with Crippen LogP contribution in [0.1, 0.15) is 55.3 Å². The van der Waals surface area contributed by atoms with Crippen molar-refractivity contribution in [3.8, 4) is 17.2 Å². The van der Waals surface area contributed by atoms with Crippen LogP contribution in [-0.4, -0.2) is 40.5 Å². The largest absolute Gasteiger partial charge is 0.507 e. The summed E-state index contributed by atoms with van der Waals surface area (Å²) in [6, 6.07) is 12.8. The van der Waals surface area contributed by atoms with Crippen LogP contribution < -0.4 is 9.47 Å². The molecule has 8 heteroatoms. The molecule has 2 N–H and O–H groups in total. The molecule has 7 nitrogen and oxygen atoms in total. The molecular weight excluding hydrogens is 490 g/mol. The van der Waals surface area contributed by atoms with Crippen molar-refractivity contribution in [1.82, 2.24) is 4.90 Å². The van der Waals surface area contributed by atoms with Crippen LogP contribution in [0.25, 0.3) is 5.76 Å². The summed E-state index contributed by atoms with van der Waals surface area (Å²) in [6.45, 7) is 8.41. The standard InChI is InChI=1S/C29H31NO6S/c1-6-36-23-15-17(9-11-21(23)31)25-24(27(33)28(34)30(25)16-19-8-7-13-37-19)26(32)18-10-12-22(35-5)20(14-18)29(2,3)4/h7-15,25,31-32H,6,16H2,1-5H3/b26-24+. The highest BCUT2D eigenvalue weighted by molar-refractivity contribution is 7.09. The minimum atomic E-state index is -0.873. The van der Waals surface area contributed by atoms with Crippen molar-refractivity contribution in [3.05, 3.63) is 81.1 Å². The number of rotatable bonds is 7. The molecule has 1 saturated heterocycles. The third-order valence-corrected chi connectivity index (χ3v) is 7.19. The number of aliphatic hydroxyl groups is 1. The minimum Gasteiger partial charge on any atom is -0.507 e. The van der Waals surface area contributed by atoms with E-state index in [1.165, 1.54) is 22.3 Å². The van der Waals surface area contributed by atoms with Crippen LogP contribution in [0.5, 0.6) is 17.2 Å². The number of methoxy groups -OCH3 is 1. The smallest absolute Gasteiger partial charge is 0.295 e. The average Bonchev–Trinajstić information content (AvgIpc) is 3.46. The summed E-state index contributed by atoms with van der Waals surface area (Å²) >= 11 is 1.48. The zero-order chi connectivity index (χ0) is 26.9. The molecule has 4 rings (SSSR count). The number of phenols is 1. The van der Waals surface area contributed by atoms with Crippen LogP contribution in [-0.2, 0) is 21.5 Å². The zero-order valence-corrected chi connectivity index (χ0v) is 22.4. The van der Waals surface area contributed by atoms with Gasteiger partial charge < -0.3 is 24.6 Å². The van der Waals surface area contributed by atoms with E-state index in [-0.39, 0.29) is 34.8 Å². The predicted molar refractivity (Wildman–Crippen MR) is 143 cm³/mol. The normalized spacial score (nSPS) is 17.3. The molecule has 0 bridgehead atoms. The van der Waals surface area contributed by atoms with E-state index in [0.717, 1.165) is 10.4 Å². The third-order valence-electron chi connectivity index (χ3n) is 6.33. The number of aromatic hydroxyl groups is 1. The molecule has 2 aromatic carbocycles. The molecule has 1 aliphatic heterocycles. The van der Waals surface area contributed by atoms with Crippen molar-refractivity contribution in [2.24, 2.45) is 0 Å². The maximum Gasteiger partial charge on any atom is 0.295 e. The lowest BCUT2D eigenvalue weighted by molar-refractivity contribution is -0.140. The number of nitrogens with zero attached hydrogens (tertiary/aromatic N) is 1. The maximum atomic E-state index is 13.4. The highest BCUT2D eigenvalue weighted by Crippen LogP contribution is 2.43. The van der Waals surface area contributed by atoms with Crippen LogP contribution in [0.4, 0.5) is 0 Å². The summed E-state index contributed by atoms with van der Waals surface area (Å²) in [7, 11) is 1.58. The third kappa shape index (κ3) is 5.06. The van der Waals surface area contributed by atoms with Gasteiger partial charge in [-0.05, 0) is 59.7 Å². The van der Waals surface area contributed by atoms with Crippen molar-refractivity contribution < 1.29 is 29.3 Å². The van der Waals surface area contributed by atoms with Crippen LogP contribution >= 0.6 is 11.3 Å². The molecule has 1 amide bonds. The van der Waals surface area contributed by atoms with Crippen molar-refractivity contribution in [3.63, 3.8) is 0 Å². The number of thiophene rings is 1. The lowest BCUT2D eigenvalue weighted by Gasteiger charge is -2.26. The molecule has 194 valence electrons.